The summed E-state index contributed by atoms with van der Waals surface area (Å²) in [7, 11) is 0. The first kappa shape index (κ1) is 5.91. The minimum atomic E-state index is 0.0735. The first-order chi connectivity index (χ1) is 3.41. The standard InChI is InChI=1S/C2H4N4O/c3-6-4-1-2-5-7/h1-2H2. The van der Waals surface area contributed by atoms with Gasteiger partial charge >= 0.3 is 0 Å². The molecule has 38 valence electrons. The van der Waals surface area contributed by atoms with Gasteiger partial charge in [0.1, 0.15) is 0 Å². The van der Waals surface area contributed by atoms with Crippen LogP contribution in [-0.4, -0.2) is 13.1 Å². The van der Waals surface area contributed by atoms with Crippen molar-refractivity contribution in [1.29, 1.82) is 0 Å². The van der Waals surface area contributed by atoms with E-state index in [9.17, 15) is 4.91 Å². The molecule has 0 spiro atoms. The monoisotopic (exact) mass is 100 g/mol. The number of nitroso groups, excluding NO2 is 1. The Bertz CT molecular complexity index is 93.9. The van der Waals surface area contributed by atoms with Crippen molar-refractivity contribution >= 4 is 0 Å². The summed E-state index contributed by atoms with van der Waals surface area (Å²) in [5.74, 6) is 0. The molecular formula is C2H4N4O. The van der Waals surface area contributed by atoms with E-state index in [0.717, 1.165) is 0 Å². The highest BCUT2D eigenvalue weighted by Crippen LogP contribution is 1.70. The molecule has 0 unspecified atom stereocenters. The van der Waals surface area contributed by atoms with Crippen molar-refractivity contribution < 1.29 is 0 Å². The summed E-state index contributed by atoms with van der Waals surface area (Å²) in [6.07, 6.45) is 0. The van der Waals surface area contributed by atoms with Gasteiger partial charge in [-0.1, -0.05) is 10.3 Å². The second kappa shape index (κ2) is 4.91. The van der Waals surface area contributed by atoms with E-state index >= 15 is 0 Å². The quantitative estimate of drug-likeness (QED) is 0.172. The largest absolute Gasteiger partial charge is 0.151 e. The normalized spacial score (nSPS) is 6.86. The van der Waals surface area contributed by atoms with Gasteiger partial charge in [-0.15, -0.1) is 0 Å². The van der Waals surface area contributed by atoms with Gasteiger partial charge in [0.2, 0.25) is 0 Å². The summed E-state index contributed by atoms with van der Waals surface area (Å²) in [5, 5.41) is 5.51. The minimum absolute atomic E-state index is 0.0735. The van der Waals surface area contributed by atoms with E-state index < -0.39 is 0 Å². The molecular weight excluding hydrogens is 96.0 g/mol. The van der Waals surface area contributed by atoms with Crippen molar-refractivity contribution in [3.8, 4) is 0 Å². The number of hydrogen-bond donors (Lipinski definition) is 0. The summed E-state index contributed by atoms with van der Waals surface area (Å²) in [5.41, 5.74) is 7.61. The summed E-state index contributed by atoms with van der Waals surface area (Å²) < 4.78 is 0. The third kappa shape index (κ3) is 4.91. The van der Waals surface area contributed by atoms with E-state index in [-0.39, 0.29) is 13.1 Å². The highest BCUT2D eigenvalue weighted by atomic mass is 16.3. The van der Waals surface area contributed by atoms with Crippen molar-refractivity contribution in [2.45, 2.75) is 0 Å². The van der Waals surface area contributed by atoms with Gasteiger partial charge in [-0.3, -0.25) is 0 Å². The molecule has 0 atom stereocenters. The summed E-state index contributed by atoms with van der Waals surface area (Å²) in [6, 6.07) is 0. The van der Waals surface area contributed by atoms with Gasteiger partial charge in [-0.25, -0.2) is 0 Å². The number of nitrogens with zero attached hydrogens (tertiary/aromatic N) is 4. The average molecular weight is 100 g/mol. The SMILES string of the molecule is [N-]=[N+]=NCCN=O. The average Bonchev–Trinajstić information content (AvgIpc) is 1.69. The molecule has 0 aromatic carbocycles. The zero-order valence-electron chi connectivity index (χ0n) is 3.61. The fraction of sp³-hybridized carbons (Fsp3) is 1.00. The second-order valence-electron chi connectivity index (χ2n) is 0.807. The van der Waals surface area contributed by atoms with Gasteiger partial charge in [0.05, 0.1) is 6.54 Å². The fourth-order valence-electron chi connectivity index (χ4n) is 0.130. The van der Waals surface area contributed by atoms with Crippen LogP contribution in [0.15, 0.2) is 10.3 Å². The molecule has 0 bridgehead atoms. The van der Waals surface area contributed by atoms with Crippen molar-refractivity contribution in [1.82, 2.24) is 0 Å². The van der Waals surface area contributed by atoms with Gasteiger partial charge in [-0.05, 0) is 5.53 Å². The first-order valence-electron chi connectivity index (χ1n) is 1.72. The molecule has 0 aliphatic heterocycles. The van der Waals surface area contributed by atoms with Crippen LogP contribution in [-0.2, 0) is 0 Å². The Morgan fingerprint density at radius 3 is 2.71 bits per heavy atom. The van der Waals surface area contributed by atoms with E-state index in [1.54, 1.807) is 0 Å². The van der Waals surface area contributed by atoms with Crippen LogP contribution in [0.1, 0.15) is 0 Å². The highest BCUT2D eigenvalue weighted by Gasteiger charge is 1.73. The molecule has 0 aliphatic carbocycles. The molecule has 0 amide bonds. The van der Waals surface area contributed by atoms with Crippen molar-refractivity contribution in [3.05, 3.63) is 15.3 Å². The van der Waals surface area contributed by atoms with Crippen LogP contribution in [0, 0.1) is 4.91 Å². The van der Waals surface area contributed by atoms with E-state index in [1.165, 1.54) is 0 Å². The highest BCUT2D eigenvalue weighted by molar-refractivity contribution is 4.47. The fourth-order valence-corrected chi connectivity index (χ4v) is 0.130. The summed E-state index contributed by atoms with van der Waals surface area (Å²) in [6.45, 7) is 0.240. The van der Waals surface area contributed by atoms with Crippen LogP contribution in [0.25, 0.3) is 10.4 Å². The molecule has 0 rings (SSSR count). The van der Waals surface area contributed by atoms with Gasteiger partial charge in [0, 0.05) is 11.5 Å². The lowest BCUT2D eigenvalue weighted by Crippen LogP contribution is -1.79. The van der Waals surface area contributed by atoms with E-state index in [0.29, 0.717) is 0 Å². The van der Waals surface area contributed by atoms with Crippen LogP contribution in [0.2, 0.25) is 0 Å². The van der Waals surface area contributed by atoms with Crippen LogP contribution in [0.5, 0.6) is 0 Å². The van der Waals surface area contributed by atoms with Crippen LogP contribution in [0.4, 0.5) is 0 Å². The Hall–Kier alpha value is -1.09. The topological polar surface area (TPSA) is 78.2 Å². The summed E-state index contributed by atoms with van der Waals surface area (Å²) >= 11 is 0. The minimum Gasteiger partial charge on any atom is -0.151 e. The molecule has 5 heteroatoms. The zero-order valence-corrected chi connectivity index (χ0v) is 3.61. The molecule has 0 heterocycles. The van der Waals surface area contributed by atoms with Gasteiger partial charge in [0.25, 0.3) is 0 Å². The van der Waals surface area contributed by atoms with Crippen LogP contribution < -0.4 is 0 Å². The van der Waals surface area contributed by atoms with Crippen LogP contribution in [0.3, 0.4) is 0 Å². The van der Waals surface area contributed by atoms with Crippen molar-refractivity contribution in [2.75, 3.05) is 13.1 Å². The number of rotatable bonds is 3. The smallest absolute Gasteiger partial charge is 0.0867 e. The van der Waals surface area contributed by atoms with E-state index in [1.807, 2.05) is 0 Å². The lowest BCUT2D eigenvalue weighted by molar-refractivity contribution is 0.957. The molecule has 0 aliphatic rings. The van der Waals surface area contributed by atoms with Gasteiger partial charge in [-0.2, -0.15) is 4.91 Å². The summed E-state index contributed by atoms with van der Waals surface area (Å²) in [4.78, 5) is 11.6. The Morgan fingerprint density at radius 2 is 2.29 bits per heavy atom. The molecule has 0 fully saturated rings. The first-order valence-corrected chi connectivity index (χ1v) is 1.72. The third-order valence-corrected chi connectivity index (χ3v) is 0.355. The number of azide groups is 1. The van der Waals surface area contributed by atoms with Crippen LogP contribution >= 0.6 is 0 Å². The van der Waals surface area contributed by atoms with E-state index in [4.69, 9.17) is 5.53 Å². The molecule has 0 aromatic heterocycles. The Morgan fingerprint density at radius 1 is 1.57 bits per heavy atom. The number of hydrogen-bond acceptors (Lipinski definition) is 3. The Kier molecular flexibility index (Phi) is 4.15. The van der Waals surface area contributed by atoms with E-state index in [2.05, 4.69) is 15.2 Å². The third-order valence-electron chi connectivity index (χ3n) is 0.355. The lowest BCUT2D eigenvalue weighted by Gasteiger charge is -1.71. The second-order valence-corrected chi connectivity index (χ2v) is 0.807. The molecule has 5 nitrogen and oxygen atoms in total. The molecule has 0 N–H and O–H groups in total. The van der Waals surface area contributed by atoms with Gasteiger partial charge in [0.15, 0.2) is 0 Å². The zero-order chi connectivity index (χ0) is 5.54. The predicted octanol–water partition coefficient (Wildman–Crippen LogP) is 1.06. The lowest BCUT2D eigenvalue weighted by atomic mass is 10.7. The van der Waals surface area contributed by atoms with Crippen molar-refractivity contribution in [3.63, 3.8) is 0 Å². The maximum absolute atomic E-state index is 9.25. The van der Waals surface area contributed by atoms with Gasteiger partial charge < -0.3 is 0 Å². The molecule has 0 aromatic rings. The molecule has 0 saturated heterocycles. The molecule has 0 radical (unpaired) electrons. The molecule has 7 heavy (non-hydrogen) atoms. The molecule has 0 saturated carbocycles. The maximum Gasteiger partial charge on any atom is 0.0867 e. The predicted molar refractivity (Wildman–Crippen MR) is 24.7 cm³/mol. The maximum atomic E-state index is 9.25. The Labute approximate surface area is 39.9 Å². The Balaban J connectivity index is 2.97. The van der Waals surface area contributed by atoms with Crippen molar-refractivity contribution in [2.24, 2.45) is 10.3 Å².